The summed E-state index contributed by atoms with van der Waals surface area (Å²) in [6.07, 6.45) is 2.00. The summed E-state index contributed by atoms with van der Waals surface area (Å²) in [5, 5.41) is 12.8. The Morgan fingerprint density at radius 3 is 2.94 bits per heavy atom. The van der Waals surface area contributed by atoms with Gasteiger partial charge in [-0.05, 0) is 20.3 Å². The third-order valence-electron chi connectivity index (χ3n) is 2.29. The van der Waals surface area contributed by atoms with Gasteiger partial charge in [0, 0.05) is 24.7 Å². The molecule has 0 saturated carbocycles. The molecule has 0 aliphatic rings. The number of amides is 2. The van der Waals surface area contributed by atoms with Crippen LogP contribution in [0.4, 0.5) is 4.79 Å². The summed E-state index contributed by atoms with van der Waals surface area (Å²) in [5.74, 6) is 0. The summed E-state index contributed by atoms with van der Waals surface area (Å²) in [7, 11) is 1.71. The third-order valence-corrected chi connectivity index (χ3v) is 3.20. The zero-order valence-corrected chi connectivity index (χ0v) is 11.3. The van der Waals surface area contributed by atoms with Crippen LogP contribution >= 0.6 is 11.3 Å². The molecule has 1 aromatic heterocycles. The first-order valence-corrected chi connectivity index (χ1v) is 6.39. The Morgan fingerprint density at radius 2 is 2.41 bits per heavy atom. The molecule has 0 radical (unpaired) electrons. The van der Waals surface area contributed by atoms with Crippen LogP contribution in [0, 0.1) is 6.92 Å². The first-order chi connectivity index (χ1) is 7.99. The zero-order valence-electron chi connectivity index (χ0n) is 10.4. The third kappa shape index (κ3) is 5.14. The number of urea groups is 1. The van der Waals surface area contributed by atoms with E-state index in [1.807, 2.05) is 6.92 Å². The van der Waals surface area contributed by atoms with Gasteiger partial charge < -0.3 is 15.3 Å². The molecule has 2 N–H and O–H groups in total. The van der Waals surface area contributed by atoms with Crippen molar-refractivity contribution in [2.75, 3.05) is 13.6 Å². The van der Waals surface area contributed by atoms with E-state index in [0.29, 0.717) is 19.5 Å². The van der Waals surface area contributed by atoms with Crippen molar-refractivity contribution in [3.05, 3.63) is 16.1 Å². The number of aliphatic hydroxyl groups is 1. The Balaban J connectivity index is 2.29. The minimum absolute atomic E-state index is 0.140. The number of hydrogen-bond acceptors (Lipinski definition) is 4. The molecule has 5 nitrogen and oxygen atoms in total. The molecule has 0 spiro atoms. The molecule has 17 heavy (non-hydrogen) atoms. The molecule has 1 heterocycles. The van der Waals surface area contributed by atoms with Gasteiger partial charge in [-0.3, -0.25) is 0 Å². The average Bonchev–Trinajstić information content (AvgIpc) is 2.68. The lowest BCUT2D eigenvalue weighted by Gasteiger charge is -2.18. The maximum atomic E-state index is 11.6. The van der Waals surface area contributed by atoms with Crippen molar-refractivity contribution in [2.45, 2.75) is 32.9 Å². The zero-order chi connectivity index (χ0) is 12.8. The van der Waals surface area contributed by atoms with E-state index in [9.17, 15) is 4.79 Å². The lowest BCUT2D eigenvalue weighted by atomic mass is 10.3. The second kappa shape index (κ2) is 6.56. The van der Waals surface area contributed by atoms with Crippen LogP contribution in [0.2, 0.25) is 0 Å². The lowest BCUT2D eigenvalue weighted by Crippen LogP contribution is -2.38. The molecule has 1 aromatic rings. The van der Waals surface area contributed by atoms with Gasteiger partial charge >= 0.3 is 6.03 Å². The van der Waals surface area contributed by atoms with Crippen molar-refractivity contribution in [3.63, 3.8) is 0 Å². The van der Waals surface area contributed by atoms with Gasteiger partial charge in [-0.15, -0.1) is 11.3 Å². The number of carbonyl (C=O) groups excluding carboxylic acids is 1. The van der Waals surface area contributed by atoms with Gasteiger partial charge in [0.25, 0.3) is 0 Å². The monoisotopic (exact) mass is 257 g/mol. The average molecular weight is 257 g/mol. The fourth-order valence-electron chi connectivity index (χ4n) is 1.25. The molecule has 6 heteroatoms. The van der Waals surface area contributed by atoms with Crippen molar-refractivity contribution >= 4 is 17.4 Å². The minimum atomic E-state index is -0.383. The van der Waals surface area contributed by atoms with Crippen molar-refractivity contribution < 1.29 is 9.90 Å². The molecule has 1 unspecified atom stereocenters. The van der Waals surface area contributed by atoms with E-state index in [1.54, 1.807) is 36.4 Å². The van der Waals surface area contributed by atoms with Gasteiger partial charge in [-0.25, -0.2) is 9.78 Å². The lowest BCUT2D eigenvalue weighted by molar-refractivity contribution is 0.163. The molecule has 1 atom stereocenters. The number of rotatable bonds is 5. The number of hydrogen-bond donors (Lipinski definition) is 2. The molecule has 0 aromatic carbocycles. The molecule has 0 bridgehead atoms. The second-order valence-electron chi connectivity index (χ2n) is 4.08. The van der Waals surface area contributed by atoms with Gasteiger partial charge in [0.2, 0.25) is 0 Å². The molecule has 1 rings (SSSR count). The smallest absolute Gasteiger partial charge is 0.317 e. The SMILES string of the molecule is Cc1cnc(CNC(=O)N(C)CCC(C)O)s1. The Morgan fingerprint density at radius 1 is 1.71 bits per heavy atom. The summed E-state index contributed by atoms with van der Waals surface area (Å²) in [6.45, 7) is 4.69. The van der Waals surface area contributed by atoms with Crippen LogP contribution in [0.25, 0.3) is 0 Å². The van der Waals surface area contributed by atoms with Crippen LogP contribution in [0.1, 0.15) is 23.2 Å². The molecular formula is C11H19N3O2S. The van der Waals surface area contributed by atoms with E-state index in [4.69, 9.17) is 5.11 Å². The van der Waals surface area contributed by atoms with E-state index in [1.165, 1.54) is 0 Å². The number of carbonyl (C=O) groups is 1. The quantitative estimate of drug-likeness (QED) is 0.837. The minimum Gasteiger partial charge on any atom is -0.393 e. The molecule has 0 saturated heterocycles. The van der Waals surface area contributed by atoms with Crippen molar-refractivity contribution in [3.8, 4) is 0 Å². The fraction of sp³-hybridized carbons (Fsp3) is 0.636. The van der Waals surface area contributed by atoms with E-state index in [2.05, 4.69) is 10.3 Å². The van der Waals surface area contributed by atoms with Crippen molar-refractivity contribution in [2.24, 2.45) is 0 Å². The van der Waals surface area contributed by atoms with Gasteiger partial charge in [0.05, 0.1) is 12.6 Å². The van der Waals surface area contributed by atoms with Crippen molar-refractivity contribution in [1.29, 1.82) is 0 Å². The van der Waals surface area contributed by atoms with Crippen LogP contribution in [-0.4, -0.2) is 40.7 Å². The summed E-state index contributed by atoms with van der Waals surface area (Å²) in [6, 6.07) is -0.140. The number of aryl methyl sites for hydroxylation is 1. The highest BCUT2D eigenvalue weighted by atomic mass is 32.1. The van der Waals surface area contributed by atoms with Crippen LogP contribution in [0.5, 0.6) is 0 Å². The molecule has 0 aliphatic heterocycles. The summed E-state index contributed by atoms with van der Waals surface area (Å²) in [5.41, 5.74) is 0. The number of thiazole rings is 1. The topological polar surface area (TPSA) is 65.5 Å². The first kappa shape index (κ1) is 13.9. The van der Waals surface area contributed by atoms with E-state index in [-0.39, 0.29) is 12.1 Å². The molecule has 2 amide bonds. The normalized spacial score (nSPS) is 12.2. The summed E-state index contributed by atoms with van der Waals surface area (Å²) in [4.78, 5) is 18.5. The Bertz CT molecular complexity index is 365. The van der Waals surface area contributed by atoms with Crippen LogP contribution in [0.3, 0.4) is 0 Å². The van der Waals surface area contributed by atoms with Gasteiger partial charge in [0.15, 0.2) is 0 Å². The standard InChI is InChI=1S/C11H19N3O2S/c1-8(15)4-5-14(3)11(16)13-7-10-12-6-9(2)17-10/h6,8,15H,4-5,7H2,1-3H3,(H,13,16). The fourth-order valence-corrected chi connectivity index (χ4v) is 1.98. The van der Waals surface area contributed by atoms with Gasteiger partial charge in [0.1, 0.15) is 5.01 Å². The number of nitrogens with one attached hydrogen (secondary N) is 1. The number of nitrogens with zero attached hydrogens (tertiary/aromatic N) is 2. The number of aromatic nitrogens is 1. The Labute approximate surface area is 105 Å². The highest BCUT2D eigenvalue weighted by Gasteiger charge is 2.09. The molecule has 0 aliphatic carbocycles. The highest BCUT2D eigenvalue weighted by Crippen LogP contribution is 2.10. The van der Waals surface area contributed by atoms with E-state index < -0.39 is 0 Å². The maximum absolute atomic E-state index is 11.6. The van der Waals surface area contributed by atoms with E-state index >= 15 is 0 Å². The number of aliphatic hydroxyl groups excluding tert-OH is 1. The highest BCUT2D eigenvalue weighted by molar-refractivity contribution is 7.11. The first-order valence-electron chi connectivity index (χ1n) is 5.57. The second-order valence-corrected chi connectivity index (χ2v) is 5.40. The Kier molecular flexibility index (Phi) is 5.37. The van der Waals surface area contributed by atoms with Crippen molar-refractivity contribution in [1.82, 2.24) is 15.2 Å². The summed E-state index contributed by atoms with van der Waals surface area (Å²) >= 11 is 1.58. The predicted octanol–water partition coefficient (Wildman–Crippen LogP) is 1.36. The molecule has 0 fully saturated rings. The van der Waals surface area contributed by atoms with E-state index in [0.717, 1.165) is 9.88 Å². The van der Waals surface area contributed by atoms with Gasteiger partial charge in [-0.2, -0.15) is 0 Å². The maximum Gasteiger partial charge on any atom is 0.317 e. The van der Waals surface area contributed by atoms with Gasteiger partial charge in [-0.1, -0.05) is 0 Å². The largest absolute Gasteiger partial charge is 0.393 e. The Hall–Kier alpha value is -1.14. The summed E-state index contributed by atoms with van der Waals surface area (Å²) < 4.78 is 0. The molecule has 96 valence electrons. The van der Waals surface area contributed by atoms with Crippen LogP contribution in [-0.2, 0) is 6.54 Å². The predicted molar refractivity (Wildman–Crippen MR) is 68.0 cm³/mol. The van der Waals surface area contributed by atoms with Crippen LogP contribution < -0.4 is 5.32 Å². The molecular weight excluding hydrogens is 238 g/mol. The van der Waals surface area contributed by atoms with Crippen LogP contribution in [0.15, 0.2) is 6.20 Å².